The van der Waals surface area contributed by atoms with Gasteiger partial charge in [0, 0.05) is 5.56 Å². The van der Waals surface area contributed by atoms with Gasteiger partial charge >= 0.3 is 6.09 Å². The summed E-state index contributed by atoms with van der Waals surface area (Å²) in [7, 11) is 1.32. The molecule has 3 atom stereocenters. The van der Waals surface area contributed by atoms with E-state index in [9.17, 15) is 9.18 Å². The largest absolute Gasteiger partial charge is 0.491 e. The minimum atomic E-state index is -0.767. The smallest absolute Gasteiger partial charge is 0.408 e. The molecule has 1 aromatic rings. The number of hydrogen-bond donors (Lipinski definition) is 1. The minimum absolute atomic E-state index is 0.201. The maximum Gasteiger partial charge on any atom is 0.408 e. The summed E-state index contributed by atoms with van der Waals surface area (Å²) in [6.45, 7) is 10.7. The van der Waals surface area contributed by atoms with Gasteiger partial charge in [-0.05, 0) is 61.1 Å². The third-order valence-corrected chi connectivity index (χ3v) is 5.88. The van der Waals surface area contributed by atoms with Gasteiger partial charge < -0.3 is 14.8 Å². The Labute approximate surface area is 173 Å². The third-order valence-electron chi connectivity index (χ3n) is 5.88. The molecule has 0 aliphatic heterocycles. The van der Waals surface area contributed by atoms with Crippen molar-refractivity contribution in [2.45, 2.75) is 58.4 Å². The van der Waals surface area contributed by atoms with Crippen molar-refractivity contribution in [1.29, 1.82) is 0 Å². The Balaban J connectivity index is 2.20. The number of alkyl carbamates (subject to hydrolysis) is 1. The topological polar surface area (TPSA) is 47.6 Å². The van der Waals surface area contributed by atoms with Crippen molar-refractivity contribution in [2.75, 3.05) is 13.7 Å². The van der Waals surface area contributed by atoms with Crippen LogP contribution in [0.15, 0.2) is 18.7 Å². The first-order valence-corrected chi connectivity index (χ1v) is 10.3. The highest BCUT2D eigenvalue weighted by Gasteiger charge is 2.35. The van der Waals surface area contributed by atoms with Gasteiger partial charge in [0.1, 0.15) is 5.54 Å². The van der Waals surface area contributed by atoms with Crippen molar-refractivity contribution in [1.82, 2.24) is 5.32 Å². The summed E-state index contributed by atoms with van der Waals surface area (Å²) in [5.74, 6) is 3.19. The first-order chi connectivity index (χ1) is 13.8. The Morgan fingerprint density at radius 3 is 2.76 bits per heavy atom. The lowest BCUT2D eigenvalue weighted by molar-refractivity contribution is 0.154. The van der Waals surface area contributed by atoms with Gasteiger partial charge in [-0.3, -0.25) is 0 Å². The van der Waals surface area contributed by atoms with Gasteiger partial charge in [-0.15, -0.1) is 6.42 Å². The van der Waals surface area contributed by atoms with Crippen molar-refractivity contribution in [3.63, 3.8) is 0 Å². The second kappa shape index (κ2) is 9.82. The van der Waals surface area contributed by atoms with E-state index in [4.69, 9.17) is 15.9 Å². The van der Waals surface area contributed by atoms with E-state index in [-0.39, 0.29) is 23.4 Å². The lowest BCUT2D eigenvalue weighted by Crippen LogP contribution is -2.48. The van der Waals surface area contributed by atoms with Crippen LogP contribution in [0.3, 0.4) is 0 Å². The first kappa shape index (κ1) is 22.8. The number of halogens is 1. The molecule has 0 aromatic heterocycles. The van der Waals surface area contributed by atoms with Crippen LogP contribution in [0.5, 0.6) is 5.75 Å². The number of ether oxygens (including phenoxy) is 2. The molecule has 0 radical (unpaired) electrons. The summed E-state index contributed by atoms with van der Waals surface area (Å²) < 4.78 is 25.2. The average molecular weight is 402 g/mol. The number of fused-ring (bicyclic) bond motifs is 1. The van der Waals surface area contributed by atoms with E-state index < -0.39 is 11.6 Å². The van der Waals surface area contributed by atoms with Crippen LogP contribution in [0.1, 0.15) is 57.6 Å². The molecule has 0 bridgehead atoms. The molecule has 1 N–H and O–H groups in total. The van der Waals surface area contributed by atoms with Crippen molar-refractivity contribution in [3.05, 3.63) is 35.7 Å². The fourth-order valence-electron chi connectivity index (χ4n) is 4.09. The quantitative estimate of drug-likeness (QED) is 0.597. The molecule has 2 rings (SSSR count). The van der Waals surface area contributed by atoms with Crippen LogP contribution in [0.4, 0.5) is 9.18 Å². The number of methoxy groups -OCH3 is 1. The van der Waals surface area contributed by atoms with Crippen molar-refractivity contribution >= 4 is 11.7 Å². The molecular weight excluding hydrogens is 369 g/mol. The Morgan fingerprint density at radius 2 is 2.17 bits per heavy atom. The molecule has 0 saturated heterocycles. The maximum absolute atomic E-state index is 14.9. The summed E-state index contributed by atoms with van der Waals surface area (Å²) in [6.07, 6.45) is 8.71. The van der Waals surface area contributed by atoms with Crippen LogP contribution in [0, 0.1) is 30.0 Å². The van der Waals surface area contributed by atoms with E-state index in [2.05, 4.69) is 24.7 Å². The van der Waals surface area contributed by atoms with Crippen LogP contribution in [-0.4, -0.2) is 25.3 Å². The lowest BCUT2D eigenvalue weighted by Gasteiger charge is -2.36. The number of nitrogens with one attached hydrogen (secondary N) is 1. The monoisotopic (exact) mass is 401 g/mol. The molecular formula is C24H32FNO3. The normalized spacial score (nSPS) is 18.8. The molecule has 1 aromatic carbocycles. The Morgan fingerprint density at radius 1 is 1.45 bits per heavy atom. The zero-order valence-corrected chi connectivity index (χ0v) is 17.9. The van der Waals surface area contributed by atoms with Gasteiger partial charge in [-0.1, -0.05) is 39.3 Å². The minimum Gasteiger partial charge on any atom is -0.491 e. The van der Waals surface area contributed by atoms with Crippen molar-refractivity contribution in [3.8, 4) is 18.1 Å². The molecule has 1 amide bonds. The summed E-state index contributed by atoms with van der Waals surface area (Å²) in [5.41, 5.74) is 1.56. The summed E-state index contributed by atoms with van der Waals surface area (Å²) in [5, 5.41) is 2.82. The van der Waals surface area contributed by atoms with E-state index >= 15 is 0 Å². The van der Waals surface area contributed by atoms with Crippen LogP contribution in [0.25, 0.3) is 5.57 Å². The van der Waals surface area contributed by atoms with Gasteiger partial charge in [-0.2, -0.15) is 0 Å². The molecule has 29 heavy (non-hydrogen) atoms. The van der Waals surface area contributed by atoms with Crippen LogP contribution >= 0.6 is 0 Å². The van der Waals surface area contributed by atoms with Gasteiger partial charge in [0.15, 0.2) is 11.6 Å². The van der Waals surface area contributed by atoms with Gasteiger partial charge in [-0.25, -0.2) is 9.18 Å². The van der Waals surface area contributed by atoms with Crippen LogP contribution in [0.2, 0.25) is 0 Å². The van der Waals surface area contributed by atoms with Crippen molar-refractivity contribution in [2.24, 2.45) is 11.8 Å². The highest BCUT2D eigenvalue weighted by Crippen LogP contribution is 2.42. The van der Waals surface area contributed by atoms with Gasteiger partial charge in [0.05, 0.1) is 13.7 Å². The molecule has 1 aliphatic carbocycles. The average Bonchev–Trinajstić information content (AvgIpc) is 2.72. The molecule has 0 fully saturated rings. The van der Waals surface area contributed by atoms with E-state index in [0.717, 1.165) is 24.0 Å². The number of amides is 1. The number of rotatable bonds is 8. The second-order valence-electron chi connectivity index (χ2n) is 7.91. The van der Waals surface area contributed by atoms with E-state index in [0.29, 0.717) is 31.4 Å². The summed E-state index contributed by atoms with van der Waals surface area (Å²) in [4.78, 5) is 11.8. The molecule has 5 heteroatoms. The van der Waals surface area contributed by atoms with Gasteiger partial charge in [0.2, 0.25) is 0 Å². The molecule has 0 saturated carbocycles. The van der Waals surface area contributed by atoms with E-state index in [1.807, 2.05) is 19.9 Å². The summed E-state index contributed by atoms with van der Waals surface area (Å²) >= 11 is 0. The molecule has 3 unspecified atom stereocenters. The lowest BCUT2D eigenvalue weighted by atomic mass is 9.71. The predicted octanol–water partition coefficient (Wildman–Crippen LogP) is 5.35. The molecule has 0 heterocycles. The number of carbonyl (C=O) groups is 1. The van der Waals surface area contributed by atoms with E-state index in [1.165, 1.54) is 7.11 Å². The number of carbonyl (C=O) groups excluding carboxylic acids is 1. The maximum atomic E-state index is 14.9. The van der Waals surface area contributed by atoms with Gasteiger partial charge in [0.25, 0.3) is 0 Å². The first-order valence-electron chi connectivity index (χ1n) is 10.3. The number of terminal acetylenes is 1. The number of benzene rings is 1. The molecule has 158 valence electrons. The Kier molecular flexibility index (Phi) is 7.73. The van der Waals surface area contributed by atoms with Crippen molar-refractivity contribution < 1.29 is 18.7 Å². The van der Waals surface area contributed by atoms with Crippen LogP contribution < -0.4 is 10.1 Å². The number of allylic oxidation sites excluding steroid dienone is 1. The third kappa shape index (κ3) is 5.12. The second-order valence-corrected chi connectivity index (χ2v) is 7.91. The fraction of sp³-hybridized carbons (Fsp3) is 0.542. The standard InChI is InChI=1S/C24H32FNO3/c1-7-12-29-20-11-10-18-14-19(13-16(4)21(18)22(20)25)17(5)15-24(8-2,9-3)26-23(27)28-6/h2,10-11,17,19H,4,7,9,12-15H2,1,3,5-6H3,(H,26,27). The molecule has 4 nitrogen and oxygen atoms in total. The highest BCUT2D eigenvalue weighted by molar-refractivity contribution is 5.71. The zero-order valence-electron chi connectivity index (χ0n) is 17.9. The fourth-order valence-corrected chi connectivity index (χ4v) is 4.09. The Bertz CT molecular complexity index is 798. The highest BCUT2D eigenvalue weighted by atomic mass is 19.1. The zero-order chi connectivity index (χ0) is 21.6. The number of hydrogen-bond acceptors (Lipinski definition) is 3. The molecule has 0 spiro atoms. The predicted molar refractivity (Wildman–Crippen MR) is 114 cm³/mol. The Hall–Kier alpha value is -2.48. The SMILES string of the molecule is C#CC(CC)(CC(C)C1CC(=C)c2c(ccc(OCCC)c2F)C1)NC(=O)OC. The van der Waals surface area contributed by atoms with E-state index in [1.54, 1.807) is 6.07 Å². The molecule has 1 aliphatic rings. The van der Waals surface area contributed by atoms with Crippen LogP contribution in [-0.2, 0) is 11.2 Å². The summed E-state index contributed by atoms with van der Waals surface area (Å²) in [6, 6.07) is 3.65.